The summed E-state index contributed by atoms with van der Waals surface area (Å²) in [6.45, 7) is 8.88. The van der Waals surface area contributed by atoms with Crippen molar-refractivity contribution in [3.63, 3.8) is 0 Å². The molecule has 138 valence electrons. The molecule has 1 atom stereocenters. The molecule has 1 aromatic rings. The van der Waals surface area contributed by atoms with E-state index >= 15 is 0 Å². The van der Waals surface area contributed by atoms with Crippen LogP contribution in [0, 0.1) is 3.57 Å². The maximum Gasteiger partial charge on any atom is 0.410 e. The SMILES string of the molecule is C[C@H]1CN(C(=O)COc2cccc(I)c2)CCN1C(=O)OC(C)(C)C. The van der Waals surface area contributed by atoms with Gasteiger partial charge in [0.05, 0.1) is 0 Å². The molecule has 0 radical (unpaired) electrons. The first kappa shape index (κ1) is 19.8. The Bertz CT molecular complexity index is 630. The van der Waals surface area contributed by atoms with E-state index in [0.29, 0.717) is 25.4 Å². The van der Waals surface area contributed by atoms with E-state index in [1.54, 1.807) is 9.80 Å². The molecule has 2 rings (SSSR count). The molecular formula is C18H25IN2O4. The van der Waals surface area contributed by atoms with Crippen molar-refractivity contribution in [2.24, 2.45) is 0 Å². The van der Waals surface area contributed by atoms with E-state index in [2.05, 4.69) is 22.6 Å². The van der Waals surface area contributed by atoms with Gasteiger partial charge in [0.2, 0.25) is 0 Å². The molecule has 0 saturated carbocycles. The minimum atomic E-state index is -0.523. The summed E-state index contributed by atoms with van der Waals surface area (Å²) >= 11 is 2.20. The molecular weight excluding hydrogens is 435 g/mol. The number of amides is 2. The fourth-order valence-corrected chi connectivity index (χ4v) is 3.08. The molecule has 1 heterocycles. The van der Waals surface area contributed by atoms with Gasteiger partial charge in [0.1, 0.15) is 11.4 Å². The lowest BCUT2D eigenvalue weighted by Crippen LogP contribution is -2.56. The zero-order valence-corrected chi connectivity index (χ0v) is 17.3. The number of rotatable bonds is 3. The predicted octanol–water partition coefficient (Wildman–Crippen LogP) is 3.14. The molecule has 0 N–H and O–H groups in total. The van der Waals surface area contributed by atoms with Crippen LogP contribution in [-0.2, 0) is 9.53 Å². The van der Waals surface area contributed by atoms with E-state index in [1.165, 1.54) is 0 Å². The lowest BCUT2D eigenvalue weighted by atomic mass is 10.2. The van der Waals surface area contributed by atoms with Gasteiger partial charge in [-0.05, 0) is 68.5 Å². The first-order chi connectivity index (χ1) is 11.7. The van der Waals surface area contributed by atoms with Gasteiger partial charge in [0.25, 0.3) is 5.91 Å². The second-order valence-corrected chi connectivity index (χ2v) is 8.35. The van der Waals surface area contributed by atoms with Crippen molar-refractivity contribution in [3.05, 3.63) is 27.8 Å². The zero-order valence-electron chi connectivity index (χ0n) is 15.1. The monoisotopic (exact) mass is 460 g/mol. The van der Waals surface area contributed by atoms with Crippen LogP contribution in [0.25, 0.3) is 0 Å². The molecule has 0 spiro atoms. The summed E-state index contributed by atoms with van der Waals surface area (Å²) in [6, 6.07) is 7.48. The minimum Gasteiger partial charge on any atom is -0.484 e. The second kappa shape index (κ2) is 8.25. The van der Waals surface area contributed by atoms with E-state index < -0.39 is 5.60 Å². The molecule has 1 aliphatic heterocycles. The van der Waals surface area contributed by atoms with E-state index in [9.17, 15) is 9.59 Å². The van der Waals surface area contributed by atoms with Crippen molar-refractivity contribution in [3.8, 4) is 5.75 Å². The molecule has 0 unspecified atom stereocenters. The normalized spacial score (nSPS) is 18.0. The molecule has 1 aromatic carbocycles. The average Bonchev–Trinajstić information content (AvgIpc) is 2.50. The highest BCUT2D eigenvalue weighted by Crippen LogP contribution is 2.17. The lowest BCUT2D eigenvalue weighted by Gasteiger charge is -2.40. The summed E-state index contributed by atoms with van der Waals surface area (Å²) in [4.78, 5) is 28.0. The first-order valence-corrected chi connectivity index (χ1v) is 9.39. The number of ether oxygens (including phenoxy) is 2. The van der Waals surface area contributed by atoms with Crippen LogP contribution in [-0.4, -0.2) is 59.7 Å². The van der Waals surface area contributed by atoms with E-state index in [-0.39, 0.29) is 24.6 Å². The number of hydrogen-bond acceptors (Lipinski definition) is 4. The maximum atomic E-state index is 12.4. The van der Waals surface area contributed by atoms with Crippen LogP contribution in [0.4, 0.5) is 4.79 Å². The molecule has 25 heavy (non-hydrogen) atoms. The van der Waals surface area contributed by atoms with E-state index in [4.69, 9.17) is 9.47 Å². The van der Waals surface area contributed by atoms with Gasteiger partial charge >= 0.3 is 6.09 Å². The predicted molar refractivity (Wildman–Crippen MR) is 104 cm³/mol. The molecule has 0 aromatic heterocycles. The summed E-state index contributed by atoms with van der Waals surface area (Å²) in [7, 11) is 0. The Morgan fingerprint density at radius 2 is 2.00 bits per heavy atom. The maximum absolute atomic E-state index is 12.4. The average molecular weight is 460 g/mol. The van der Waals surface area contributed by atoms with Crippen LogP contribution in [0.3, 0.4) is 0 Å². The summed E-state index contributed by atoms with van der Waals surface area (Å²) in [6.07, 6.45) is -0.331. The van der Waals surface area contributed by atoms with E-state index in [1.807, 2.05) is 52.0 Å². The van der Waals surface area contributed by atoms with Crippen molar-refractivity contribution < 1.29 is 19.1 Å². The molecule has 7 heteroatoms. The van der Waals surface area contributed by atoms with Crippen LogP contribution >= 0.6 is 22.6 Å². The van der Waals surface area contributed by atoms with Crippen molar-refractivity contribution >= 4 is 34.6 Å². The molecule has 0 aliphatic carbocycles. The van der Waals surface area contributed by atoms with Crippen molar-refractivity contribution in [1.82, 2.24) is 9.80 Å². The highest BCUT2D eigenvalue weighted by Gasteiger charge is 2.32. The Morgan fingerprint density at radius 1 is 1.28 bits per heavy atom. The Morgan fingerprint density at radius 3 is 2.60 bits per heavy atom. The van der Waals surface area contributed by atoms with E-state index in [0.717, 1.165) is 3.57 Å². The largest absolute Gasteiger partial charge is 0.484 e. The number of carbonyl (C=O) groups excluding carboxylic acids is 2. The number of nitrogens with zero attached hydrogens (tertiary/aromatic N) is 2. The van der Waals surface area contributed by atoms with Crippen LogP contribution in [0.1, 0.15) is 27.7 Å². The van der Waals surface area contributed by atoms with Crippen molar-refractivity contribution in [2.45, 2.75) is 39.3 Å². The van der Waals surface area contributed by atoms with Crippen LogP contribution in [0.15, 0.2) is 24.3 Å². The quantitative estimate of drug-likeness (QED) is 0.651. The van der Waals surface area contributed by atoms with Crippen LogP contribution < -0.4 is 4.74 Å². The third-order valence-corrected chi connectivity index (χ3v) is 4.44. The standard InChI is InChI=1S/C18H25IN2O4/c1-13-11-20(8-9-21(13)17(23)25-18(2,3)4)16(22)12-24-15-7-5-6-14(19)10-15/h5-7,10,13H,8-9,11-12H2,1-4H3/t13-/m0/s1. The van der Waals surface area contributed by atoms with Gasteiger partial charge in [-0.2, -0.15) is 0 Å². The fraction of sp³-hybridized carbons (Fsp3) is 0.556. The molecule has 1 saturated heterocycles. The topological polar surface area (TPSA) is 59.1 Å². The molecule has 1 aliphatic rings. The molecule has 2 amide bonds. The van der Waals surface area contributed by atoms with Gasteiger partial charge < -0.3 is 19.3 Å². The minimum absolute atomic E-state index is 0.000743. The zero-order chi connectivity index (χ0) is 18.6. The summed E-state index contributed by atoms with van der Waals surface area (Å²) in [5.74, 6) is 0.607. The summed E-state index contributed by atoms with van der Waals surface area (Å²) in [5, 5.41) is 0. The van der Waals surface area contributed by atoms with Crippen LogP contribution in [0.2, 0.25) is 0 Å². The smallest absolute Gasteiger partial charge is 0.410 e. The number of carbonyl (C=O) groups is 2. The van der Waals surface area contributed by atoms with Gasteiger partial charge in [0, 0.05) is 29.2 Å². The Hall–Kier alpha value is -1.51. The molecule has 0 bridgehead atoms. The first-order valence-electron chi connectivity index (χ1n) is 8.31. The summed E-state index contributed by atoms with van der Waals surface area (Å²) < 4.78 is 12.1. The number of piperazine rings is 1. The summed E-state index contributed by atoms with van der Waals surface area (Å²) in [5.41, 5.74) is -0.523. The van der Waals surface area contributed by atoms with Gasteiger partial charge in [-0.3, -0.25) is 4.79 Å². The van der Waals surface area contributed by atoms with Crippen molar-refractivity contribution in [2.75, 3.05) is 26.2 Å². The Labute approximate surface area is 162 Å². The number of hydrogen-bond donors (Lipinski definition) is 0. The third-order valence-electron chi connectivity index (χ3n) is 3.77. The highest BCUT2D eigenvalue weighted by molar-refractivity contribution is 14.1. The van der Waals surface area contributed by atoms with Gasteiger partial charge in [-0.1, -0.05) is 6.07 Å². The number of benzene rings is 1. The fourth-order valence-electron chi connectivity index (χ4n) is 2.57. The van der Waals surface area contributed by atoms with Crippen molar-refractivity contribution in [1.29, 1.82) is 0 Å². The second-order valence-electron chi connectivity index (χ2n) is 7.11. The van der Waals surface area contributed by atoms with Gasteiger partial charge in [0.15, 0.2) is 6.61 Å². The molecule has 6 nitrogen and oxygen atoms in total. The highest BCUT2D eigenvalue weighted by atomic mass is 127. The Kier molecular flexibility index (Phi) is 6.53. The number of halogens is 1. The molecule has 1 fully saturated rings. The Balaban J connectivity index is 1.85. The third kappa shape index (κ3) is 6.05. The van der Waals surface area contributed by atoms with Crippen LogP contribution in [0.5, 0.6) is 5.75 Å². The van der Waals surface area contributed by atoms with Gasteiger partial charge in [-0.15, -0.1) is 0 Å². The lowest BCUT2D eigenvalue weighted by molar-refractivity contribution is -0.136. The van der Waals surface area contributed by atoms with Gasteiger partial charge in [-0.25, -0.2) is 4.79 Å².